The number of anilines is 4. The lowest BCUT2D eigenvalue weighted by atomic mass is 10.1. The molecule has 250 valence electrons. The number of imidazole rings is 1. The molecule has 0 aliphatic carbocycles. The maximum Gasteiger partial charge on any atom is 0.481 e. The van der Waals surface area contributed by atoms with E-state index < -0.39 is 77.3 Å². The van der Waals surface area contributed by atoms with Gasteiger partial charge < -0.3 is 69.2 Å². The van der Waals surface area contributed by atoms with Crippen LogP contribution < -0.4 is 32.2 Å². The third-order valence-electron chi connectivity index (χ3n) is 7.04. The quantitative estimate of drug-likeness (QED) is 0.0477. The molecule has 0 spiro atoms. The van der Waals surface area contributed by atoms with E-state index >= 15 is 0 Å². The number of aliphatic hydroxyl groups excluding tert-OH is 2. The van der Waals surface area contributed by atoms with Crippen LogP contribution in [0.3, 0.4) is 0 Å². The number of rotatable bonds is 9. The Hall–Kier alpha value is -2.96. The minimum Gasteiger partial charge on any atom is -0.781 e. The van der Waals surface area contributed by atoms with Crippen LogP contribution >= 0.6 is 28.3 Å². The Morgan fingerprint density at radius 2 is 1.80 bits per heavy atom. The second-order valence-electron chi connectivity index (χ2n) is 10.0. The van der Waals surface area contributed by atoms with E-state index in [0.717, 1.165) is 0 Å². The average Bonchev–Trinajstić information content (AvgIpc) is 3.53. The van der Waals surface area contributed by atoms with Gasteiger partial charge in [0.1, 0.15) is 35.9 Å². The van der Waals surface area contributed by atoms with Gasteiger partial charge in [0.15, 0.2) is 24.7 Å². The molecule has 3 aliphatic rings. The van der Waals surface area contributed by atoms with Gasteiger partial charge in [0.25, 0.3) is 5.56 Å². The predicted molar refractivity (Wildman–Crippen MR) is 159 cm³/mol. The van der Waals surface area contributed by atoms with Gasteiger partial charge in [-0.1, -0.05) is 4.98 Å². The van der Waals surface area contributed by atoms with Crippen LogP contribution in [0.1, 0.15) is 6.23 Å². The van der Waals surface area contributed by atoms with Gasteiger partial charge in [-0.25, -0.2) is 13.7 Å². The number of phosphoric acid groups is 2. The smallest absolute Gasteiger partial charge is 0.481 e. The lowest BCUT2D eigenvalue weighted by molar-refractivity contribution is -0.745. The summed E-state index contributed by atoms with van der Waals surface area (Å²) in [7, 11) is -10.6. The van der Waals surface area contributed by atoms with E-state index in [1.165, 1.54) is 17.2 Å². The Kier molecular flexibility index (Phi) is 8.77. The molecule has 3 aromatic heterocycles. The molecule has 6 rings (SSSR count). The van der Waals surface area contributed by atoms with E-state index in [2.05, 4.69) is 52.5 Å². The van der Waals surface area contributed by atoms with Gasteiger partial charge in [0.05, 0.1) is 19.3 Å². The molecule has 0 aromatic carbocycles. The van der Waals surface area contributed by atoms with Gasteiger partial charge in [-0.05, 0) is 4.91 Å². The molecule has 26 heteroatoms. The van der Waals surface area contributed by atoms with Crippen molar-refractivity contribution in [3.05, 3.63) is 32.8 Å². The first kappa shape index (κ1) is 33.0. The summed E-state index contributed by atoms with van der Waals surface area (Å²) in [5.41, 5.74) is 11.4. The minimum atomic E-state index is -5.33. The molecule has 3 aromatic rings. The number of H-pyrrole nitrogens is 2. The first-order chi connectivity index (χ1) is 21.6. The number of fused-ring (bicyclic) bond motifs is 3. The van der Waals surface area contributed by atoms with E-state index in [-0.39, 0.29) is 38.7 Å². The third kappa shape index (κ3) is 6.32. The van der Waals surface area contributed by atoms with Crippen molar-refractivity contribution < 1.29 is 56.5 Å². The first-order valence-electron chi connectivity index (χ1n) is 13.0. The fourth-order valence-electron chi connectivity index (χ4n) is 4.90. The molecule has 1 fully saturated rings. The lowest BCUT2D eigenvalue weighted by Gasteiger charge is -2.44. The van der Waals surface area contributed by atoms with Gasteiger partial charge >= 0.3 is 21.3 Å². The molecule has 9 atom stereocenters. The lowest BCUT2D eigenvalue weighted by Crippen LogP contribution is -2.52. The van der Waals surface area contributed by atoms with Crippen molar-refractivity contribution in [1.82, 2.24) is 24.9 Å². The van der Waals surface area contributed by atoms with E-state index in [0.29, 0.717) is 5.52 Å². The number of aliphatic hydroxyl groups is 2. The molecule has 0 bridgehead atoms. The van der Waals surface area contributed by atoms with Gasteiger partial charge in [-0.15, -0.1) is 12.6 Å². The van der Waals surface area contributed by atoms with E-state index in [9.17, 15) is 33.9 Å². The molecule has 6 heterocycles. The molecule has 46 heavy (non-hydrogen) atoms. The van der Waals surface area contributed by atoms with Crippen molar-refractivity contribution in [2.75, 3.05) is 35.3 Å². The molecule has 12 N–H and O–H groups in total. The zero-order valence-electron chi connectivity index (χ0n) is 22.9. The van der Waals surface area contributed by atoms with Crippen molar-refractivity contribution in [2.45, 2.75) is 42.9 Å². The molecular formula is C20H26N10O12P2S2. The van der Waals surface area contributed by atoms with Crippen molar-refractivity contribution >= 4 is 75.3 Å². The Bertz CT molecular complexity index is 1860. The molecule has 1 saturated heterocycles. The summed E-state index contributed by atoms with van der Waals surface area (Å²) in [4.78, 5) is 49.8. The fraction of sp³-hybridized carbons (Fsp3) is 0.450. The summed E-state index contributed by atoms with van der Waals surface area (Å²) in [6.45, 7) is -1.60. The summed E-state index contributed by atoms with van der Waals surface area (Å²) in [5.74, 6) is 0.117. The molecule has 9 unspecified atom stereocenters. The normalized spacial score (nSPS) is 30.2. The van der Waals surface area contributed by atoms with Crippen LogP contribution in [0, 0.1) is 0 Å². The largest absolute Gasteiger partial charge is 0.781 e. The first-order valence-corrected chi connectivity index (χ1v) is 16.8. The van der Waals surface area contributed by atoms with E-state index in [4.69, 9.17) is 42.6 Å². The van der Waals surface area contributed by atoms with Crippen molar-refractivity contribution in [2.24, 2.45) is 0 Å². The van der Waals surface area contributed by atoms with Crippen LogP contribution in [0.4, 0.5) is 23.3 Å². The SMILES string of the molecule is Nc1nc(=O)c2c([nH]1)NC1OC(COP(=O)(O)OP(=O)(O)OCC3OC([n+]4c[nH]c5c(N)ncnc54)C(O)C3O)C([S-])=C(S)C1N2. The summed E-state index contributed by atoms with van der Waals surface area (Å²) in [6.07, 6.45) is -5.37. The molecule has 0 radical (unpaired) electrons. The summed E-state index contributed by atoms with van der Waals surface area (Å²) >= 11 is 9.74. The Labute approximate surface area is 267 Å². The van der Waals surface area contributed by atoms with Crippen LogP contribution in [0.25, 0.3) is 11.2 Å². The van der Waals surface area contributed by atoms with E-state index in [1.807, 2.05) is 0 Å². The van der Waals surface area contributed by atoms with Crippen LogP contribution in [0.15, 0.2) is 27.3 Å². The van der Waals surface area contributed by atoms with Crippen LogP contribution in [0.2, 0.25) is 0 Å². The van der Waals surface area contributed by atoms with E-state index in [1.54, 1.807) is 0 Å². The highest BCUT2D eigenvalue weighted by Crippen LogP contribution is 2.60. The highest BCUT2D eigenvalue weighted by Gasteiger charge is 2.48. The summed E-state index contributed by atoms with van der Waals surface area (Å²) < 4.78 is 51.9. The number of aromatic amines is 2. The van der Waals surface area contributed by atoms with Gasteiger partial charge in [0.2, 0.25) is 17.7 Å². The zero-order chi connectivity index (χ0) is 33.1. The molecule has 22 nitrogen and oxygen atoms in total. The maximum absolute atomic E-state index is 12.6. The highest BCUT2D eigenvalue weighted by atomic mass is 32.1. The standard InChI is InChI=1S/C20H26N10O12P2S2/c21-14-8-16(24-3-23-14)30(4-25-8)19-11(32)10(31)5(41-19)1-38-43(34,35)42-44(36,37)39-2-6-12(45)13(46)7-18(40-6)27-15-9(26-7)17(33)29-20(22)28-15/h3-7,10-11,18-19,26,31-32H,1-2H2,(H10,21,22,23,24,27,28,29,33,34,35,36,37,45,46). The van der Waals surface area contributed by atoms with Gasteiger partial charge in [0, 0.05) is 0 Å². The number of hydrogen-bond acceptors (Lipinski definition) is 19. The number of hydrogen-bond donors (Lipinski definition) is 11. The Morgan fingerprint density at radius 1 is 1.09 bits per heavy atom. The summed E-state index contributed by atoms with van der Waals surface area (Å²) in [5, 5.41) is 26.8. The van der Waals surface area contributed by atoms with Crippen LogP contribution in [-0.2, 0) is 44.6 Å². The number of nitrogen functional groups attached to an aromatic ring is 2. The van der Waals surface area contributed by atoms with Crippen molar-refractivity contribution in [1.29, 1.82) is 0 Å². The topological polar surface area (TPSA) is 329 Å². The minimum absolute atomic E-state index is 0.0355. The Morgan fingerprint density at radius 3 is 2.54 bits per heavy atom. The third-order valence-corrected chi connectivity index (χ3v) is 10.8. The highest BCUT2D eigenvalue weighted by molar-refractivity contribution is 7.85. The monoisotopic (exact) mass is 724 g/mol. The molecule has 0 saturated carbocycles. The number of phosphoric ester groups is 2. The second kappa shape index (κ2) is 12.2. The number of aromatic nitrogens is 6. The Balaban J connectivity index is 1.05. The number of ether oxygens (including phenoxy) is 2. The van der Waals surface area contributed by atoms with Crippen LogP contribution in [0.5, 0.6) is 0 Å². The fourth-order valence-corrected chi connectivity index (χ4v) is 7.58. The van der Waals surface area contributed by atoms with Gasteiger partial charge in [-0.2, -0.15) is 19.2 Å². The number of nitrogens with two attached hydrogens (primary N) is 2. The van der Waals surface area contributed by atoms with Crippen LogP contribution in [-0.4, -0.2) is 94.8 Å². The number of nitrogens with zero attached hydrogens (tertiary/aromatic N) is 4. The number of thiol groups is 1. The van der Waals surface area contributed by atoms with Crippen molar-refractivity contribution in [3.63, 3.8) is 0 Å². The second-order valence-corrected chi connectivity index (χ2v) is 14.0. The number of nitrogens with one attached hydrogen (secondary N) is 4. The molecular weight excluding hydrogens is 698 g/mol. The molecule has 0 amide bonds. The van der Waals surface area contributed by atoms with Gasteiger partial charge in [-0.3, -0.25) is 18.8 Å². The summed E-state index contributed by atoms with van der Waals surface area (Å²) in [6, 6.07) is -0.749. The maximum atomic E-state index is 12.6. The predicted octanol–water partition coefficient (Wildman–Crippen LogP) is -2.32. The average molecular weight is 725 g/mol. The zero-order valence-corrected chi connectivity index (χ0v) is 26.4. The van der Waals surface area contributed by atoms with Crippen molar-refractivity contribution in [3.8, 4) is 0 Å². The molecule has 3 aliphatic heterocycles.